The first kappa shape index (κ1) is 11.7. The second kappa shape index (κ2) is 4.64. The highest BCUT2D eigenvalue weighted by molar-refractivity contribution is 7.17. The average Bonchev–Trinajstić information content (AvgIpc) is 2.84. The molecule has 6 nitrogen and oxygen atoms in total. The summed E-state index contributed by atoms with van der Waals surface area (Å²) in [6.07, 6.45) is 1.65. The quantitative estimate of drug-likeness (QED) is 0.890. The summed E-state index contributed by atoms with van der Waals surface area (Å²) in [5, 5.41) is 13.7. The van der Waals surface area contributed by atoms with E-state index in [1.54, 1.807) is 24.0 Å². The van der Waals surface area contributed by atoms with E-state index in [1.165, 1.54) is 7.11 Å². The predicted molar refractivity (Wildman–Crippen MR) is 62.0 cm³/mol. The Morgan fingerprint density at radius 3 is 2.94 bits per heavy atom. The van der Waals surface area contributed by atoms with Gasteiger partial charge in [0.05, 0.1) is 18.0 Å². The van der Waals surface area contributed by atoms with Gasteiger partial charge >= 0.3 is 5.97 Å². The molecule has 0 atom stereocenters. The lowest BCUT2D eigenvalue weighted by atomic mass is 10.4. The summed E-state index contributed by atoms with van der Waals surface area (Å²) in [4.78, 5) is 15.5. The minimum absolute atomic E-state index is 0.190. The van der Waals surface area contributed by atoms with Crippen molar-refractivity contribution < 1.29 is 14.6 Å². The SMILES string of the molecule is COCc1nc(-c2ccnn2C)sc1C(=O)O. The zero-order valence-corrected chi connectivity index (χ0v) is 10.2. The summed E-state index contributed by atoms with van der Waals surface area (Å²) in [5.74, 6) is -0.983. The summed E-state index contributed by atoms with van der Waals surface area (Å²) >= 11 is 1.13. The number of hydrogen-bond donors (Lipinski definition) is 1. The highest BCUT2D eigenvalue weighted by Gasteiger charge is 2.19. The van der Waals surface area contributed by atoms with Crippen LogP contribution >= 0.6 is 11.3 Å². The first-order valence-corrected chi connectivity index (χ1v) is 5.65. The van der Waals surface area contributed by atoms with Crippen molar-refractivity contribution in [3.8, 4) is 10.7 Å². The van der Waals surface area contributed by atoms with Gasteiger partial charge in [0.25, 0.3) is 0 Å². The third-order valence-electron chi connectivity index (χ3n) is 2.21. The van der Waals surface area contributed by atoms with Crippen LogP contribution in [0, 0.1) is 0 Å². The Morgan fingerprint density at radius 1 is 1.65 bits per heavy atom. The van der Waals surface area contributed by atoms with Gasteiger partial charge in [0.2, 0.25) is 0 Å². The Hall–Kier alpha value is -1.73. The molecule has 1 N–H and O–H groups in total. The Bertz CT molecular complexity index is 547. The molecule has 7 heteroatoms. The van der Waals surface area contributed by atoms with Gasteiger partial charge in [0, 0.05) is 20.4 Å². The van der Waals surface area contributed by atoms with Crippen LogP contribution < -0.4 is 0 Å². The molecule has 0 bridgehead atoms. The van der Waals surface area contributed by atoms with Gasteiger partial charge in [-0.25, -0.2) is 9.78 Å². The third-order valence-corrected chi connectivity index (χ3v) is 3.32. The monoisotopic (exact) mass is 253 g/mol. The molecule has 0 radical (unpaired) electrons. The molecule has 0 aliphatic carbocycles. The van der Waals surface area contributed by atoms with Gasteiger partial charge in [-0.05, 0) is 6.07 Å². The number of hydrogen-bond acceptors (Lipinski definition) is 5. The number of carboxylic acid groups (broad SMARTS) is 1. The highest BCUT2D eigenvalue weighted by atomic mass is 32.1. The molecule has 0 saturated heterocycles. The average molecular weight is 253 g/mol. The van der Waals surface area contributed by atoms with Crippen LogP contribution in [-0.2, 0) is 18.4 Å². The molecule has 2 heterocycles. The van der Waals surface area contributed by atoms with E-state index in [-0.39, 0.29) is 11.5 Å². The standard InChI is InChI=1S/C10H11N3O3S/c1-13-7(3-4-11-13)9-12-6(5-16-2)8(17-9)10(14)15/h3-4H,5H2,1-2H3,(H,14,15). The predicted octanol–water partition coefficient (Wildman–Crippen LogP) is 1.39. The van der Waals surface area contributed by atoms with Gasteiger partial charge in [-0.15, -0.1) is 11.3 Å². The van der Waals surface area contributed by atoms with Crippen LogP contribution in [0.25, 0.3) is 10.7 Å². The van der Waals surface area contributed by atoms with E-state index in [0.29, 0.717) is 10.7 Å². The van der Waals surface area contributed by atoms with Crippen molar-refractivity contribution in [2.75, 3.05) is 7.11 Å². The minimum atomic E-state index is -0.983. The lowest BCUT2D eigenvalue weighted by molar-refractivity contribution is 0.0697. The molecule has 17 heavy (non-hydrogen) atoms. The Labute approximate surface area is 101 Å². The molecule has 2 aromatic heterocycles. The van der Waals surface area contributed by atoms with Crippen LogP contribution in [0.15, 0.2) is 12.3 Å². The normalized spacial score (nSPS) is 10.7. The van der Waals surface area contributed by atoms with Crippen LogP contribution in [0.4, 0.5) is 0 Å². The number of thiazole rings is 1. The van der Waals surface area contributed by atoms with Crippen LogP contribution in [0.1, 0.15) is 15.4 Å². The molecule has 0 saturated carbocycles. The molecule has 0 aliphatic heterocycles. The second-order valence-electron chi connectivity index (χ2n) is 3.37. The van der Waals surface area contributed by atoms with Gasteiger partial charge in [0.1, 0.15) is 9.88 Å². The van der Waals surface area contributed by atoms with Crippen molar-refractivity contribution in [3.63, 3.8) is 0 Å². The summed E-state index contributed by atoms with van der Waals surface area (Å²) in [5.41, 5.74) is 1.24. The topological polar surface area (TPSA) is 77.2 Å². The number of aryl methyl sites for hydroxylation is 1. The number of carbonyl (C=O) groups is 1. The smallest absolute Gasteiger partial charge is 0.347 e. The number of rotatable bonds is 4. The summed E-state index contributed by atoms with van der Waals surface area (Å²) in [6, 6.07) is 1.79. The van der Waals surface area contributed by atoms with Gasteiger partial charge in [0.15, 0.2) is 0 Å². The fourth-order valence-electron chi connectivity index (χ4n) is 1.45. The molecular weight excluding hydrogens is 242 g/mol. The van der Waals surface area contributed by atoms with Crippen molar-refractivity contribution in [1.29, 1.82) is 0 Å². The van der Waals surface area contributed by atoms with E-state index < -0.39 is 5.97 Å². The second-order valence-corrected chi connectivity index (χ2v) is 4.37. The number of nitrogens with zero attached hydrogens (tertiary/aromatic N) is 3. The highest BCUT2D eigenvalue weighted by Crippen LogP contribution is 2.28. The zero-order chi connectivity index (χ0) is 12.4. The molecule has 90 valence electrons. The van der Waals surface area contributed by atoms with Crippen molar-refractivity contribution in [1.82, 2.24) is 14.8 Å². The van der Waals surface area contributed by atoms with Crippen LogP contribution in [0.5, 0.6) is 0 Å². The van der Waals surface area contributed by atoms with Gasteiger partial charge in [-0.1, -0.05) is 0 Å². The molecule has 0 aromatic carbocycles. The van der Waals surface area contributed by atoms with E-state index >= 15 is 0 Å². The van der Waals surface area contributed by atoms with Crippen LogP contribution in [-0.4, -0.2) is 33.0 Å². The molecule has 2 aromatic rings. The first-order valence-electron chi connectivity index (χ1n) is 4.83. The number of aromatic nitrogens is 3. The number of ether oxygens (including phenoxy) is 1. The minimum Gasteiger partial charge on any atom is -0.477 e. The number of aromatic carboxylic acids is 1. The van der Waals surface area contributed by atoms with E-state index in [0.717, 1.165) is 17.0 Å². The van der Waals surface area contributed by atoms with Crippen molar-refractivity contribution in [2.24, 2.45) is 7.05 Å². The van der Waals surface area contributed by atoms with E-state index in [2.05, 4.69) is 10.1 Å². The maximum absolute atomic E-state index is 11.1. The zero-order valence-electron chi connectivity index (χ0n) is 9.38. The maximum Gasteiger partial charge on any atom is 0.347 e. The number of carboxylic acids is 1. The third kappa shape index (κ3) is 2.20. The summed E-state index contributed by atoms with van der Waals surface area (Å²) in [6.45, 7) is 0.190. The van der Waals surface area contributed by atoms with E-state index in [4.69, 9.17) is 9.84 Å². The van der Waals surface area contributed by atoms with Gasteiger partial charge in [-0.3, -0.25) is 4.68 Å². The van der Waals surface area contributed by atoms with Gasteiger partial charge in [-0.2, -0.15) is 5.10 Å². The number of methoxy groups -OCH3 is 1. The summed E-state index contributed by atoms with van der Waals surface area (Å²) in [7, 11) is 3.29. The Kier molecular flexibility index (Phi) is 3.21. The van der Waals surface area contributed by atoms with Crippen LogP contribution in [0.3, 0.4) is 0 Å². The lowest BCUT2D eigenvalue weighted by Gasteiger charge is -1.95. The Morgan fingerprint density at radius 2 is 2.41 bits per heavy atom. The van der Waals surface area contributed by atoms with Crippen molar-refractivity contribution >= 4 is 17.3 Å². The summed E-state index contributed by atoms with van der Waals surface area (Å²) < 4.78 is 6.59. The lowest BCUT2D eigenvalue weighted by Crippen LogP contribution is -1.99. The maximum atomic E-state index is 11.1. The fraction of sp³-hybridized carbons (Fsp3) is 0.300. The fourth-order valence-corrected chi connectivity index (χ4v) is 2.41. The molecule has 0 unspecified atom stereocenters. The largest absolute Gasteiger partial charge is 0.477 e. The molecule has 0 fully saturated rings. The molecule has 0 amide bonds. The molecule has 0 spiro atoms. The molecule has 0 aliphatic rings. The Balaban J connectivity index is 2.47. The van der Waals surface area contributed by atoms with Crippen LogP contribution in [0.2, 0.25) is 0 Å². The van der Waals surface area contributed by atoms with E-state index in [9.17, 15) is 4.79 Å². The molecular formula is C10H11N3O3S. The first-order chi connectivity index (χ1) is 8.13. The van der Waals surface area contributed by atoms with E-state index in [1.807, 2.05) is 0 Å². The van der Waals surface area contributed by atoms with Gasteiger partial charge < -0.3 is 9.84 Å². The molecule has 2 rings (SSSR count). The van der Waals surface area contributed by atoms with Crippen molar-refractivity contribution in [3.05, 3.63) is 22.8 Å². The van der Waals surface area contributed by atoms with Crippen molar-refractivity contribution in [2.45, 2.75) is 6.61 Å².